The van der Waals surface area contributed by atoms with Crippen molar-refractivity contribution in [3.63, 3.8) is 0 Å². The average molecular weight is 393 g/mol. The van der Waals surface area contributed by atoms with Gasteiger partial charge >= 0.3 is 0 Å². The van der Waals surface area contributed by atoms with Gasteiger partial charge in [-0.2, -0.15) is 0 Å². The first-order chi connectivity index (χ1) is 12.6. The van der Waals surface area contributed by atoms with Crippen LogP contribution in [0.15, 0.2) is 36.4 Å². The number of nitrogens with one attached hydrogen (secondary N) is 1. The van der Waals surface area contributed by atoms with Gasteiger partial charge in [0.25, 0.3) is 11.8 Å². The lowest BCUT2D eigenvalue weighted by atomic mass is 10.1. The molecule has 0 spiro atoms. The van der Waals surface area contributed by atoms with E-state index in [4.69, 9.17) is 16.3 Å². The highest BCUT2D eigenvalue weighted by Gasteiger charge is 2.24. The maximum atomic E-state index is 12.8. The quantitative estimate of drug-likeness (QED) is 0.802. The lowest BCUT2D eigenvalue weighted by Gasteiger charge is -2.20. The van der Waals surface area contributed by atoms with E-state index in [0.29, 0.717) is 35.3 Å². The highest BCUT2D eigenvalue weighted by molar-refractivity contribution is 7.16. The summed E-state index contributed by atoms with van der Waals surface area (Å²) in [6.45, 7) is 3.66. The molecule has 7 heteroatoms. The fourth-order valence-corrected chi connectivity index (χ4v) is 3.98. The summed E-state index contributed by atoms with van der Waals surface area (Å²) in [7, 11) is 0. The van der Waals surface area contributed by atoms with Crippen molar-refractivity contribution in [3.8, 4) is 0 Å². The number of hydrogen-bond donors (Lipinski definition) is 1. The van der Waals surface area contributed by atoms with Gasteiger partial charge in [-0.3, -0.25) is 9.59 Å². The van der Waals surface area contributed by atoms with Gasteiger partial charge in [-0.15, -0.1) is 11.3 Å². The van der Waals surface area contributed by atoms with Crippen molar-refractivity contribution in [2.45, 2.75) is 32.4 Å². The van der Waals surface area contributed by atoms with Crippen molar-refractivity contribution in [2.24, 2.45) is 0 Å². The Bertz CT molecular complexity index is 787. The zero-order valence-electron chi connectivity index (χ0n) is 14.5. The Kier molecular flexibility index (Phi) is 6.29. The van der Waals surface area contributed by atoms with Crippen LogP contribution in [0.2, 0.25) is 4.34 Å². The molecule has 1 N–H and O–H groups in total. The summed E-state index contributed by atoms with van der Waals surface area (Å²) >= 11 is 7.44. The summed E-state index contributed by atoms with van der Waals surface area (Å²) in [5.74, 6) is -0.238. The fourth-order valence-electron chi connectivity index (χ4n) is 2.87. The van der Waals surface area contributed by atoms with Crippen LogP contribution in [0.5, 0.6) is 0 Å². The van der Waals surface area contributed by atoms with Crippen LogP contribution in [0.25, 0.3) is 0 Å². The maximum Gasteiger partial charge on any atom is 0.254 e. The zero-order valence-corrected chi connectivity index (χ0v) is 16.1. The van der Waals surface area contributed by atoms with Crippen LogP contribution in [0, 0.1) is 0 Å². The summed E-state index contributed by atoms with van der Waals surface area (Å²) < 4.78 is 6.10. The van der Waals surface area contributed by atoms with E-state index in [9.17, 15) is 9.59 Å². The molecule has 1 fully saturated rings. The van der Waals surface area contributed by atoms with E-state index < -0.39 is 6.10 Å². The largest absolute Gasteiger partial charge is 0.368 e. The van der Waals surface area contributed by atoms with Gasteiger partial charge in [-0.05, 0) is 50.1 Å². The molecule has 2 aromatic rings. The van der Waals surface area contributed by atoms with E-state index in [1.54, 1.807) is 29.2 Å². The number of hydrogen-bond acceptors (Lipinski definition) is 4. The molecule has 138 valence electrons. The number of carbonyl (C=O) groups is 2. The van der Waals surface area contributed by atoms with Gasteiger partial charge in [0.15, 0.2) is 0 Å². The molecule has 26 heavy (non-hydrogen) atoms. The molecule has 1 aliphatic heterocycles. The van der Waals surface area contributed by atoms with Crippen molar-refractivity contribution in [2.75, 3.05) is 18.5 Å². The number of anilines is 1. The van der Waals surface area contributed by atoms with Gasteiger partial charge in [-0.25, -0.2) is 0 Å². The van der Waals surface area contributed by atoms with Crippen molar-refractivity contribution in [3.05, 3.63) is 51.2 Å². The molecule has 1 aromatic carbocycles. The van der Waals surface area contributed by atoms with Crippen LogP contribution in [0.1, 0.15) is 35.0 Å². The molecule has 0 bridgehead atoms. The summed E-state index contributed by atoms with van der Waals surface area (Å²) in [6.07, 6.45) is 1.23. The van der Waals surface area contributed by atoms with Crippen molar-refractivity contribution >= 4 is 40.4 Å². The Morgan fingerprint density at radius 2 is 2.19 bits per heavy atom. The molecule has 2 heterocycles. The first kappa shape index (κ1) is 18.9. The molecule has 0 radical (unpaired) electrons. The molecule has 0 aliphatic carbocycles. The van der Waals surface area contributed by atoms with Crippen LogP contribution in [0.3, 0.4) is 0 Å². The molecule has 1 atom stereocenters. The second kappa shape index (κ2) is 8.66. The van der Waals surface area contributed by atoms with Crippen LogP contribution in [-0.4, -0.2) is 36.0 Å². The first-order valence-corrected chi connectivity index (χ1v) is 9.82. The number of halogens is 1. The Labute approximate surface area is 161 Å². The Hall–Kier alpha value is -1.89. The number of thiophene rings is 1. The molecular weight excluding hydrogens is 372 g/mol. The predicted molar refractivity (Wildman–Crippen MR) is 104 cm³/mol. The molecule has 3 rings (SSSR count). The standard InChI is InChI=1S/C19H21ClN2O3S/c1-2-22(12-15-8-9-17(20)26-15)19(24)13-5-3-6-14(11-13)21-18(23)16-7-4-10-25-16/h3,5-6,8-9,11,16H,2,4,7,10,12H2,1H3,(H,21,23)/t16-/m1/s1. The number of carbonyl (C=O) groups excluding carboxylic acids is 2. The Balaban J connectivity index is 1.69. The van der Waals surface area contributed by atoms with Gasteiger partial charge in [0.2, 0.25) is 0 Å². The highest BCUT2D eigenvalue weighted by Crippen LogP contribution is 2.24. The lowest BCUT2D eigenvalue weighted by Crippen LogP contribution is -2.30. The molecule has 0 unspecified atom stereocenters. The van der Waals surface area contributed by atoms with Crippen LogP contribution in [-0.2, 0) is 16.1 Å². The molecule has 1 saturated heterocycles. The minimum Gasteiger partial charge on any atom is -0.368 e. The first-order valence-electron chi connectivity index (χ1n) is 8.63. The highest BCUT2D eigenvalue weighted by atomic mass is 35.5. The van der Waals surface area contributed by atoms with E-state index in [2.05, 4.69) is 5.32 Å². The number of rotatable bonds is 6. The minimum absolute atomic E-state index is 0.0785. The van der Waals surface area contributed by atoms with Gasteiger partial charge in [0, 0.05) is 29.3 Å². The Morgan fingerprint density at radius 1 is 1.35 bits per heavy atom. The smallest absolute Gasteiger partial charge is 0.254 e. The van der Waals surface area contributed by atoms with Gasteiger partial charge < -0.3 is 15.0 Å². The monoisotopic (exact) mass is 392 g/mol. The van der Waals surface area contributed by atoms with Crippen molar-refractivity contribution in [1.82, 2.24) is 4.90 Å². The minimum atomic E-state index is -0.398. The Morgan fingerprint density at radius 3 is 2.85 bits per heavy atom. The number of benzene rings is 1. The lowest BCUT2D eigenvalue weighted by molar-refractivity contribution is -0.124. The molecule has 5 nitrogen and oxygen atoms in total. The van der Waals surface area contributed by atoms with E-state index in [1.807, 2.05) is 19.1 Å². The van der Waals surface area contributed by atoms with Crippen LogP contribution in [0.4, 0.5) is 5.69 Å². The van der Waals surface area contributed by atoms with Crippen molar-refractivity contribution < 1.29 is 14.3 Å². The zero-order chi connectivity index (χ0) is 18.5. The van der Waals surface area contributed by atoms with E-state index in [1.165, 1.54) is 11.3 Å². The summed E-state index contributed by atoms with van der Waals surface area (Å²) in [6, 6.07) is 10.8. The van der Waals surface area contributed by atoms with Crippen molar-refractivity contribution in [1.29, 1.82) is 0 Å². The van der Waals surface area contributed by atoms with Gasteiger partial charge in [-0.1, -0.05) is 17.7 Å². The number of amides is 2. The normalized spacial score (nSPS) is 16.5. The van der Waals surface area contributed by atoms with Gasteiger partial charge in [0.1, 0.15) is 6.10 Å². The third-order valence-electron chi connectivity index (χ3n) is 4.24. The van der Waals surface area contributed by atoms with Crippen LogP contribution >= 0.6 is 22.9 Å². The maximum absolute atomic E-state index is 12.8. The third kappa shape index (κ3) is 4.63. The predicted octanol–water partition coefficient (Wildman–Crippen LogP) is 4.18. The van der Waals surface area contributed by atoms with Gasteiger partial charge in [0.05, 0.1) is 10.9 Å². The second-order valence-electron chi connectivity index (χ2n) is 6.10. The number of nitrogens with zero attached hydrogens (tertiary/aromatic N) is 1. The summed E-state index contributed by atoms with van der Waals surface area (Å²) in [4.78, 5) is 27.8. The van der Waals surface area contributed by atoms with E-state index >= 15 is 0 Å². The second-order valence-corrected chi connectivity index (χ2v) is 7.90. The molecular formula is C19H21ClN2O3S. The molecule has 0 saturated carbocycles. The third-order valence-corrected chi connectivity index (χ3v) is 5.46. The van der Waals surface area contributed by atoms with Crippen LogP contribution < -0.4 is 5.32 Å². The molecule has 1 aromatic heterocycles. The van der Waals surface area contributed by atoms with E-state index in [-0.39, 0.29) is 11.8 Å². The van der Waals surface area contributed by atoms with E-state index in [0.717, 1.165) is 17.7 Å². The fraction of sp³-hybridized carbons (Fsp3) is 0.368. The molecule has 1 aliphatic rings. The average Bonchev–Trinajstić information content (AvgIpc) is 3.31. The SMILES string of the molecule is CCN(Cc1ccc(Cl)s1)C(=O)c1cccc(NC(=O)[C@H]2CCCO2)c1. The topological polar surface area (TPSA) is 58.6 Å². The summed E-state index contributed by atoms with van der Waals surface area (Å²) in [5, 5.41) is 2.84. The number of ether oxygens (including phenoxy) is 1. The molecule has 2 amide bonds. The summed E-state index contributed by atoms with van der Waals surface area (Å²) in [5.41, 5.74) is 1.14.